The predicted octanol–water partition coefficient (Wildman–Crippen LogP) is 1.22. The number of benzene rings is 1. The van der Waals surface area contributed by atoms with Crippen molar-refractivity contribution in [2.45, 2.75) is 0 Å². The molecule has 0 saturated carbocycles. The molecular weight excluding hydrogens is 156 g/mol. The Bertz CT molecular complexity index is 181. The summed E-state index contributed by atoms with van der Waals surface area (Å²) in [6.45, 7) is 4.00. The summed E-state index contributed by atoms with van der Waals surface area (Å²) in [7, 11) is 0. The molecule has 1 heterocycles. The molecule has 0 aromatic heterocycles. The molecule has 1 N–H and O–H groups in total. The van der Waals surface area contributed by atoms with Crippen molar-refractivity contribution in [3.8, 4) is 5.75 Å². The van der Waals surface area contributed by atoms with Crippen molar-refractivity contribution in [2.75, 3.05) is 13.2 Å². The van der Waals surface area contributed by atoms with Gasteiger partial charge in [-0.3, -0.25) is 0 Å². The zero-order chi connectivity index (χ0) is 9.23. The molecule has 1 aromatic rings. The summed E-state index contributed by atoms with van der Waals surface area (Å²) in [4.78, 5) is 8.00. The van der Waals surface area contributed by atoms with E-state index in [1.54, 1.807) is 24.3 Å². The molecule has 3 nitrogen and oxygen atoms in total. The van der Waals surface area contributed by atoms with E-state index in [0.29, 0.717) is 5.75 Å². The van der Waals surface area contributed by atoms with Crippen LogP contribution in [0.1, 0.15) is 0 Å². The topological polar surface area (TPSA) is 49.8 Å². The quantitative estimate of drug-likeness (QED) is 0.592. The molecule has 1 fully saturated rings. The third-order valence-corrected chi connectivity index (χ3v) is 0.960. The van der Waals surface area contributed by atoms with E-state index < -0.39 is 0 Å². The van der Waals surface area contributed by atoms with Crippen molar-refractivity contribution >= 4 is 6.79 Å². The highest BCUT2D eigenvalue weighted by molar-refractivity contribution is 5.18. The van der Waals surface area contributed by atoms with Gasteiger partial charge in [0.15, 0.2) is 0 Å². The van der Waals surface area contributed by atoms with Crippen molar-refractivity contribution in [1.82, 2.24) is 0 Å². The lowest BCUT2D eigenvalue weighted by atomic mass is 10.3. The van der Waals surface area contributed by atoms with Crippen LogP contribution in [0.2, 0.25) is 0 Å². The first-order valence-corrected chi connectivity index (χ1v) is 3.50. The monoisotopic (exact) mass is 168 g/mol. The lowest BCUT2D eigenvalue weighted by Crippen LogP contribution is -1.56. The van der Waals surface area contributed by atoms with Gasteiger partial charge in [-0.15, -0.1) is 0 Å². The molecule has 1 aromatic carbocycles. The molecule has 0 radical (unpaired) electrons. The van der Waals surface area contributed by atoms with Gasteiger partial charge >= 0.3 is 0 Å². The zero-order valence-electron chi connectivity index (χ0n) is 6.77. The molecule has 0 amide bonds. The second-order valence-corrected chi connectivity index (χ2v) is 1.95. The van der Waals surface area contributed by atoms with Gasteiger partial charge < -0.3 is 14.6 Å². The van der Waals surface area contributed by atoms with Gasteiger partial charge in [0.05, 0.1) is 13.2 Å². The van der Waals surface area contributed by atoms with Crippen LogP contribution in [0.5, 0.6) is 5.75 Å². The van der Waals surface area contributed by atoms with Crippen LogP contribution in [0.15, 0.2) is 30.3 Å². The molecule has 66 valence electrons. The largest absolute Gasteiger partial charge is 0.508 e. The predicted molar refractivity (Wildman–Crippen MR) is 46.0 cm³/mol. The molecule has 1 aliphatic heterocycles. The van der Waals surface area contributed by atoms with Crippen molar-refractivity contribution in [3.05, 3.63) is 30.3 Å². The molecule has 1 aliphatic rings. The van der Waals surface area contributed by atoms with Gasteiger partial charge in [0, 0.05) is 0 Å². The summed E-state index contributed by atoms with van der Waals surface area (Å²) < 4.78 is 4.50. The van der Waals surface area contributed by atoms with Crippen LogP contribution in [0, 0.1) is 0 Å². The van der Waals surface area contributed by atoms with Crippen molar-refractivity contribution in [1.29, 1.82) is 0 Å². The number of epoxide rings is 1. The summed E-state index contributed by atoms with van der Waals surface area (Å²) >= 11 is 0. The number of ether oxygens (including phenoxy) is 1. The Morgan fingerprint density at radius 2 is 1.58 bits per heavy atom. The van der Waals surface area contributed by atoms with Crippen LogP contribution in [0.3, 0.4) is 0 Å². The lowest BCUT2D eigenvalue weighted by molar-refractivity contribution is -0.0979. The highest BCUT2D eigenvalue weighted by atomic mass is 16.6. The molecule has 0 spiro atoms. The van der Waals surface area contributed by atoms with E-state index >= 15 is 0 Å². The van der Waals surface area contributed by atoms with Crippen LogP contribution in [0.25, 0.3) is 0 Å². The van der Waals surface area contributed by atoms with E-state index in [1.807, 2.05) is 12.9 Å². The van der Waals surface area contributed by atoms with Crippen molar-refractivity contribution in [2.24, 2.45) is 0 Å². The molecule has 12 heavy (non-hydrogen) atoms. The van der Waals surface area contributed by atoms with Crippen molar-refractivity contribution in [3.63, 3.8) is 0 Å². The minimum atomic E-state index is 0.322. The fourth-order valence-corrected chi connectivity index (χ4v) is 0.428. The van der Waals surface area contributed by atoms with Crippen LogP contribution in [-0.4, -0.2) is 25.1 Å². The Balaban J connectivity index is 0.000000202. The van der Waals surface area contributed by atoms with E-state index in [2.05, 4.69) is 4.74 Å². The Morgan fingerprint density at radius 1 is 1.17 bits per heavy atom. The second kappa shape index (κ2) is 7.75. The molecule has 0 aliphatic carbocycles. The first-order valence-electron chi connectivity index (χ1n) is 3.50. The molecule has 3 heteroatoms. The molecule has 0 unspecified atom stereocenters. The smallest absolute Gasteiger partial charge is 0.115 e. The first-order chi connectivity index (χ1) is 5.89. The Hall–Kier alpha value is -1.35. The maximum Gasteiger partial charge on any atom is 0.115 e. The molecule has 0 bridgehead atoms. The Kier molecular flexibility index (Phi) is 6.88. The average Bonchev–Trinajstić information content (AvgIpc) is 2.95. The minimum absolute atomic E-state index is 0.322. The Morgan fingerprint density at radius 3 is 1.75 bits per heavy atom. The van der Waals surface area contributed by atoms with E-state index in [4.69, 9.17) is 9.90 Å². The fourth-order valence-electron chi connectivity index (χ4n) is 0.428. The summed E-state index contributed by atoms with van der Waals surface area (Å²) in [6.07, 6.45) is 0. The van der Waals surface area contributed by atoms with E-state index in [-0.39, 0.29) is 0 Å². The number of phenolic OH excluding ortho intramolecular Hbond substituents is 1. The highest BCUT2D eigenvalue weighted by Gasteiger charge is 1.94. The molecular formula is C9H12O3. The molecule has 1 saturated heterocycles. The number of carbonyl (C=O) groups excluding carboxylic acids is 1. The van der Waals surface area contributed by atoms with Crippen LogP contribution >= 0.6 is 0 Å². The third-order valence-electron chi connectivity index (χ3n) is 0.960. The second-order valence-electron chi connectivity index (χ2n) is 1.95. The minimum Gasteiger partial charge on any atom is -0.508 e. The van der Waals surface area contributed by atoms with E-state index in [0.717, 1.165) is 13.2 Å². The third kappa shape index (κ3) is 8.65. The highest BCUT2D eigenvalue weighted by Crippen LogP contribution is 2.02. The summed E-state index contributed by atoms with van der Waals surface area (Å²) in [5, 5.41) is 8.63. The summed E-state index contributed by atoms with van der Waals surface area (Å²) in [5.74, 6) is 0.322. The lowest BCUT2D eigenvalue weighted by Gasteiger charge is -1.82. The number of para-hydroxylation sites is 1. The maximum atomic E-state index is 8.63. The first kappa shape index (κ1) is 10.7. The van der Waals surface area contributed by atoms with Crippen LogP contribution in [0.4, 0.5) is 0 Å². The van der Waals surface area contributed by atoms with Gasteiger partial charge in [-0.25, -0.2) is 0 Å². The van der Waals surface area contributed by atoms with Gasteiger partial charge in [-0.2, -0.15) is 0 Å². The fraction of sp³-hybridized carbons (Fsp3) is 0.222. The van der Waals surface area contributed by atoms with Crippen LogP contribution < -0.4 is 0 Å². The number of rotatable bonds is 0. The standard InChI is InChI=1S/C6H6O.C2H4O.CH2O/c7-6-4-2-1-3-5-6;1-2-3-1;1-2/h1-5,7H;1-2H2;1H2. The Labute approximate surface area is 71.6 Å². The number of carbonyl (C=O) groups is 1. The molecule has 2 rings (SSSR count). The van der Waals surface area contributed by atoms with Gasteiger partial charge in [0.25, 0.3) is 0 Å². The van der Waals surface area contributed by atoms with Crippen molar-refractivity contribution < 1.29 is 14.6 Å². The normalized spacial score (nSPS) is 11.3. The van der Waals surface area contributed by atoms with E-state index in [1.165, 1.54) is 0 Å². The number of hydrogen-bond donors (Lipinski definition) is 1. The molecule has 0 atom stereocenters. The van der Waals surface area contributed by atoms with Gasteiger partial charge in [0.2, 0.25) is 0 Å². The van der Waals surface area contributed by atoms with E-state index in [9.17, 15) is 0 Å². The van der Waals surface area contributed by atoms with Crippen LogP contribution in [-0.2, 0) is 9.53 Å². The van der Waals surface area contributed by atoms with Gasteiger partial charge in [-0.1, -0.05) is 18.2 Å². The zero-order valence-corrected chi connectivity index (χ0v) is 6.77. The summed E-state index contributed by atoms with van der Waals surface area (Å²) in [5.41, 5.74) is 0. The average molecular weight is 168 g/mol. The summed E-state index contributed by atoms with van der Waals surface area (Å²) in [6, 6.07) is 8.71. The van der Waals surface area contributed by atoms with Gasteiger partial charge in [-0.05, 0) is 12.1 Å². The SMILES string of the molecule is C1CO1.C=O.Oc1ccccc1. The number of hydrogen-bond acceptors (Lipinski definition) is 3. The number of phenols is 1. The maximum absolute atomic E-state index is 8.63. The number of aromatic hydroxyl groups is 1. The van der Waals surface area contributed by atoms with Gasteiger partial charge in [0.1, 0.15) is 12.5 Å².